The van der Waals surface area contributed by atoms with Crippen LogP contribution in [-0.2, 0) is 11.2 Å². The van der Waals surface area contributed by atoms with Crippen LogP contribution in [-0.4, -0.2) is 38.1 Å². The van der Waals surface area contributed by atoms with E-state index in [1.54, 1.807) is 19.2 Å². The highest BCUT2D eigenvalue weighted by Gasteiger charge is 2.07. The summed E-state index contributed by atoms with van der Waals surface area (Å²) in [7, 11) is 3.52. The molecule has 0 fully saturated rings. The third-order valence-electron chi connectivity index (χ3n) is 3.46. The summed E-state index contributed by atoms with van der Waals surface area (Å²) in [6.07, 6.45) is 0.841. The number of ether oxygens (including phenoxy) is 1. The second-order valence-corrected chi connectivity index (χ2v) is 5.39. The maximum atomic E-state index is 13.1. The Hall–Kier alpha value is -2.40. The van der Waals surface area contributed by atoms with E-state index in [0.717, 1.165) is 18.7 Å². The van der Waals surface area contributed by atoms with Gasteiger partial charge in [0.2, 0.25) is 5.91 Å². The van der Waals surface area contributed by atoms with E-state index < -0.39 is 0 Å². The molecule has 5 heteroatoms. The minimum absolute atomic E-state index is 0.159. The van der Waals surface area contributed by atoms with E-state index in [1.807, 2.05) is 36.2 Å². The maximum Gasteiger partial charge on any atom is 0.238 e. The van der Waals surface area contributed by atoms with Crippen molar-refractivity contribution in [3.63, 3.8) is 0 Å². The summed E-state index contributed by atoms with van der Waals surface area (Å²) in [6, 6.07) is 13.7. The van der Waals surface area contributed by atoms with E-state index in [0.29, 0.717) is 5.69 Å². The van der Waals surface area contributed by atoms with Gasteiger partial charge < -0.3 is 10.1 Å². The average molecular weight is 316 g/mol. The molecule has 2 aromatic rings. The SMILES string of the molecule is COc1ccc(CCN(C)CC(=O)Nc2cccc(F)c2)cc1. The van der Waals surface area contributed by atoms with Crippen molar-refractivity contribution < 1.29 is 13.9 Å². The molecule has 122 valence electrons. The minimum atomic E-state index is -0.365. The van der Waals surface area contributed by atoms with Crippen molar-refractivity contribution >= 4 is 11.6 Å². The molecule has 1 amide bonds. The van der Waals surface area contributed by atoms with E-state index in [4.69, 9.17) is 4.74 Å². The molecule has 0 aliphatic carbocycles. The Bertz CT molecular complexity index is 644. The molecule has 4 nitrogen and oxygen atoms in total. The van der Waals surface area contributed by atoms with Gasteiger partial charge in [-0.2, -0.15) is 0 Å². The van der Waals surface area contributed by atoms with Crippen LogP contribution < -0.4 is 10.1 Å². The lowest BCUT2D eigenvalue weighted by molar-refractivity contribution is -0.117. The lowest BCUT2D eigenvalue weighted by Crippen LogP contribution is -2.31. The first-order valence-corrected chi connectivity index (χ1v) is 7.43. The molecule has 0 saturated heterocycles. The molecular formula is C18H21FN2O2. The first-order valence-electron chi connectivity index (χ1n) is 7.43. The van der Waals surface area contributed by atoms with Gasteiger partial charge in [0.25, 0.3) is 0 Å². The van der Waals surface area contributed by atoms with Gasteiger partial charge in [0.1, 0.15) is 11.6 Å². The number of methoxy groups -OCH3 is 1. The number of amides is 1. The van der Waals surface area contributed by atoms with Crippen molar-refractivity contribution in [3.05, 3.63) is 59.9 Å². The highest BCUT2D eigenvalue weighted by molar-refractivity contribution is 5.92. The highest BCUT2D eigenvalue weighted by Crippen LogP contribution is 2.12. The second-order valence-electron chi connectivity index (χ2n) is 5.39. The maximum absolute atomic E-state index is 13.1. The van der Waals surface area contributed by atoms with Gasteiger partial charge in [0.05, 0.1) is 13.7 Å². The first-order chi connectivity index (χ1) is 11.1. The van der Waals surface area contributed by atoms with Gasteiger partial charge in [0.15, 0.2) is 0 Å². The van der Waals surface area contributed by atoms with Crippen LogP contribution in [0.4, 0.5) is 10.1 Å². The molecule has 1 N–H and O–H groups in total. The number of nitrogens with zero attached hydrogens (tertiary/aromatic N) is 1. The molecule has 0 spiro atoms. The van der Waals surface area contributed by atoms with Gasteiger partial charge in [-0.1, -0.05) is 18.2 Å². The van der Waals surface area contributed by atoms with Crippen LogP contribution >= 0.6 is 0 Å². The Morgan fingerprint density at radius 3 is 2.61 bits per heavy atom. The van der Waals surface area contributed by atoms with Gasteiger partial charge in [-0.05, 0) is 49.4 Å². The summed E-state index contributed by atoms with van der Waals surface area (Å²) < 4.78 is 18.2. The Kier molecular flexibility index (Phi) is 6.11. The summed E-state index contributed by atoms with van der Waals surface area (Å²) in [5, 5.41) is 2.69. The second kappa shape index (κ2) is 8.29. The first kappa shape index (κ1) is 17.0. The predicted molar refractivity (Wildman–Crippen MR) is 89.2 cm³/mol. The summed E-state index contributed by atoms with van der Waals surface area (Å²) in [4.78, 5) is 13.9. The number of likely N-dealkylation sites (N-methyl/N-ethyl adjacent to an activating group) is 1. The highest BCUT2D eigenvalue weighted by atomic mass is 19.1. The van der Waals surface area contributed by atoms with Crippen LogP contribution in [0.2, 0.25) is 0 Å². The molecule has 2 aromatic carbocycles. The number of nitrogens with one attached hydrogen (secondary N) is 1. The smallest absolute Gasteiger partial charge is 0.238 e. The molecule has 0 bridgehead atoms. The lowest BCUT2D eigenvalue weighted by atomic mass is 10.1. The zero-order valence-electron chi connectivity index (χ0n) is 13.4. The van der Waals surface area contributed by atoms with Crippen molar-refractivity contribution in [2.45, 2.75) is 6.42 Å². The van der Waals surface area contributed by atoms with Crippen LogP contribution in [0.5, 0.6) is 5.75 Å². The fourth-order valence-electron chi connectivity index (χ4n) is 2.20. The number of hydrogen-bond donors (Lipinski definition) is 1. The molecule has 0 aromatic heterocycles. The van der Waals surface area contributed by atoms with E-state index in [9.17, 15) is 9.18 Å². The van der Waals surface area contributed by atoms with Crippen LogP contribution in [0, 0.1) is 5.82 Å². The van der Waals surface area contributed by atoms with Gasteiger partial charge in [0, 0.05) is 12.2 Å². The summed E-state index contributed by atoms with van der Waals surface area (Å²) in [5.41, 5.74) is 1.65. The Morgan fingerprint density at radius 1 is 1.22 bits per heavy atom. The standard InChI is InChI=1S/C18H21FN2O2/c1-21(11-10-14-6-8-17(23-2)9-7-14)13-18(22)20-16-5-3-4-15(19)12-16/h3-9,12H,10-11,13H2,1-2H3,(H,20,22). The molecule has 0 unspecified atom stereocenters. The molecule has 0 aliphatic rings. The molecule has 23 heavy (non-hydrogen) atoms. The van der Waals surface area contributed by atoms with E-state index in [-0.39, 0.29) is 18.3 Å². The van der Waals surface area contributed by atoms with Crippen LogP contribution in [0.25, 0.3) is 0 Å². The van der Waals surface area contributed by atoms with Gasteiger partial charge in [-0.25, -0.2) is 4.39 Å². The zero-order chi connectivity index (χ0) is 16.7. The number of rotatable bonds is 7. The Balaban J connectivity index is 1.77. The molecule has 2 rings (SSSR count). The Morgan fingerprint density at radius 2 is 1.96 bits per heavy atom. The van der Waals surface area contributed by atoms with Crippen molar-refractivity contribution in [3.8, 4) is 5.75 Å². The molecule has 0 saturated carbocycles. The Labute approximate surface area is 135 Å². The average Bonchev–Trinajstić information content (AvgIpc) is 2.53. The number of halogens is 1. The lowest BCUT2D eigenvalue weighted by Gasteiger charge is -2.16. The fourth-order valence-corrected chi connectivity index (χ4v) is 2.20. The van der Waals surface area contributed by atoms with Crippen LogP contribution in [0.15, 0.2) is 48.5 Å². The number of carbonyl (C=O) groups is 1. The van der Waals surface area contributed by atoms with Gasteiger partial charge in [-0.15, -0.1) is 0 Å². The molecule has 0 aliphatic heterocycles. The third-order valence-corrected chi connectivity index (χ3v) is 3.46. The largest absolute Gasteiger partial charge is 0.497 e. The summed E-state index contributed by atoms with van der Waals surface area (Å²) in [5.74, 6) is 0.306. The van der Waals surface area contributed by atoms with Crippen LogP contribution in [0.3, 0.4) is 0 Å². The third kappa shape index (κ3) is 5.71. The molecule has 0 radical (unpaired) electrons. The van der Waals surface area contributed by atoms with Crippen molar-refractivity contribution in [1.29, 1.82) is 0 Å². The summed E-state index contributed by atoms with van der Waals surface area (Å²) >= 11 is 0. The van der Waals surface area contributed by atoms with Gasteiger partial charge >= 0.3 is 0 Å². The van der Waals surface area contributed by atoms with Gasteiger partial charge in [-0.3, -0.25) is 9.69 Å². The number of benzene rings is 2. The molecule has 0 heterocycles. The summed E-state index contributed by atoms with van der Waals surface area (Å²) in [6.45, 7) is 1.01. The minimum Gasteiger partial charge on any atom is -0.497 e. The van der Waals surface area contributed by atoms with E-state index >= 15 is 0 Å². The predicted octanol–water partition coefficient (Wildman–Crippen LogP) is 2.95. The van der Waals surface area contributed by atoms with Crippen molar-refractivity contribution in [2.75, 3.05) is 32.6 Å². The van der Waals surface area contributed by atoms with Crippen LogP contribution in [0.1, 0.15) is 5.56 Å². The molecule has 0 atom stereocenters. The van der Waals surface area contributed by atoms with Crippen molar-refractivity contribution in [2.24, 2.45) is 0 Å². The molecular weight excluding hydrogens is 295 g/mol. The topological polar surface area (TPSA) is 41.6 Å². The normalized spacial score (nSPS) is 10.6. The number of hydrogen-bond acceptors (Lipinski definition) is 3. The number of carbonyl (C=O) groups excluding carboxylic acids is 1. The zero-order valence-corrected chi connectivity index (χ0v) is 13.4. The van der Waals surface area contributed by atoms with Crippen molar-refractivity contribution in [1.82, 2.24) is 4.90 Å². The fraction of sp³-hybridized carbons (Fsp3) is 0.278. The number of anilines is 1. The monoisotopic (exact) mass is 316 g/mol. The van der Waals surface area contributed by atoms with E-state index in [1.165, 1.54) is 17.7 Å². The van der Waals surface area contributed by atoms with E-state index in [2.05, 4.69) is 5.32 Å². The quantitative estimate of drug-likeness (QED) is 0.854.